The van der Waals surface area contributed by atoms with Gasteiger partial charge < -0.3 is 15.5 Å². The number of rotatable bonds is 2. The molecule has 76 valence electrons. The zero-order valence-electron chi connectivity index (χ0n) is 7.63. The Morgan fingerprint density at radius 2 is 2.14 bits per heavy atom. The zero-order chi connectivity index (χ0) is 10.2. The van der Waals surface area contributed by atoms with Crippen LogP contribution in [0.5, 0.6) is 5.75 Å². The fraction of sp³-hybridized carbons (Fsp3) is 0.400. The van der Waals surface area contributed by atoms with E-state index >= 15 is 0 Å². The Labute approximate surface area is 87.3 Å². The Morgan fingerprint density at radius 3 is 2.71 bits per heavy atom. The smallest absolute Gasteiger partial charge is 0.118 e. The van der Waals surface area contributed by atoms with Gasteiger partial charge in [0.2, 0.25) is 0 Å². The minimum Gasteiger partial charge on any atom is -0.508 e. The maximum atomic E-state index is 9.86. The molecule has 14 heavy (non-hydrogen) atoms. The number of halogens is 1. The van der Waals surface area contributed by atoms with Gasteiger partial charge in [0, 0.05) is 24.5 Å². The monoisotopic (exact) mass is 213 g/mol. The summed E-state index contributed by atoms with van der Waals surface area (Å²) < 4.78 is 0. The lowest BCUT2D eigenvalue weighted by Gasteiger charge is -2.37. The number of nitrogens with one attached hydrogen (secondary N) is 1. The lowest BCUT2D eigenvalue weighted by Crippen LogP contribution is -2.60. The summed E-state index contributed by atoms with van der Waals surface area (Å²) in [4.78, 5) is 0. The van der Waals surface area contributed by atoms with Crippen molar-refractivity contribution >= 4 is 11.6 Å². The third-order valence-corrected chi connectivity index (χ3v) is 2.70. The summed E-state index contributed by atoms with van der Waals surface area (Å²) >= 11 is 5.80. The SMILES string of the molecule is Oc1ccc(Cl)cc1CC1(O)CNC1. The molecule has 4 heteroatoms. The summed E-state index contributed by atoms with van der Waals surface area (Å²) in [5, 5.41) is 23.0. The summed E-state index contributed by atoms with van der Waals surface area (Å²) in [6.45, 7) is 1.14. The molecule has 0 aromatic heterocycles. The van der Waals surface area contributed by atoms with Crippen LogP contribution in [-0.4, -0.2) is 28.9 Å². The van der Waals surface area contributed by atoms with Crippen LogP contribution in [-0.2, 0) is 6.42 Å². The van der Waals surface area contributed by atoms with Crippen LogP contribution < -0.4 is 5.32 Å². The zero-order valence-corrected chi connectivity index (χ0v) is 8.38. The van der Waals surface area contributed by atoms with Crippen LogP contribution in [0.3, 0.4) is 0 Å². The molecule has 0 amide bonds. The molecule has 1 aliphatic rings. The van der Waals surface area contributed by atoms with E-state index in [4.69, 9.17) is 11.6 Å². The second-order valence-electron chi connectivity index (χ2n) is 3.78. The molecule has 0 unspecified atom stereocenters. The molecule has 0 bridgehead atoms. The number of phenolic OH excluding ortho intramolecular Hbond substituents is 1. The number of β-amino-alcohol motifs (C(OH)–C–C–N with tert-alkyl or cyclic N) is 1. The lowest BCUT2D eigenvalue weighted by atomic mass is 9.89. The molecule has 0 spiro atoms. The van der Waals surface area contributed by atoms with Gasteiger partial charge in [-0.15, -0.1) is 0 Å². The first kappa shape index (κ1) is 9.77. The van der Waals surface area contributed by atoms with Gasteiger partial charge in [-0.25, -0.2) is 0 Å². The van der Waals surface area contributed by atoms with Gasteiger partial charge in [0.15, 0.2) is 0 Å². The van der Waals surface area contributed by atoms with Gasteiger partial charge in [0.1, 0.15) is 5.75 Å². The Bertz CT molecular complexity index is 350. The molecule has 0 saturated carbocycles. The van der Waals surface area contributed by atoms with E-state index in [9.17, 15) is 10.2 Å². The third kappa shape index (κ3) is 1.85. The minimum atomic E-state index is -0.720. The van der Waals surface area contributed by atoms with Crippen molar-refractivity contribution in [3.05, 3.63) is 28.8 Å². The van der Waals surface area contributed by atoms with Gasteiger partial charge in [-0.3, -0.25) is 0 Å². The number of aliphatic hydroxyl groups is 1. The summed E-state index contributed by atoms with van der Waals surface area (Å²) in [6, 6.07) is 4.86. The predicted octanol–water partition coefficient (Wildman–Crippen LogP) is 0.922. The molecule has 0 radical (unpaired) electrons. The van der Waals surface area contributed by atoms with E-state index in [0.717, 1.165) is 0 Å². The Morgan fingerprint density at radius 1 is 1.43 bits per heavy atom. The van der Waals surface area contributed by atoms with Crippen molar-refractivity contribution in [1.29, 1.82) is 0 Å². The number of phenols is 1. The van der Waals surface area contributed by atoms with E-state index < -0.39 is 5.60 Å². The summed E-state index contributed by atoms with van der Waals surface area (Å²) in [5.41, 5.74) is -0.0242. The molecule has 2 rings (SSSR count). The van der Waals surface area contributed by atoms with Crippen LogP contribution in [0.2, 0.25) is 5.02 Å². The van der Waals surface area contributed by atoms with Crippen LogP contribution in [0.1, 0.15) is 5.56 Å². The first-order valence-corrected chi connectivity index (χ1v) is 4.87. The summed E-state index contributed by atoms with van der Waals surface area (Å²) in [5.74, 6) is 0.190. The lowest BCUT2D eigenvalue weighted by molar-refractivity contribution is -0.00943. The third-order valence-electron chi connectivity index (χ3n) is 2.47. The molecule has 1 aliphatic heterocycles. The fourth-order valence-corrected chi connectivity index (χ4v) is 1.78. The summed E-state index contributed by atoms with van der Waals surface area (Å²) in [7, 11) is 0. The highest BCUT2D eigenvalue weighted by Crippen LogP contribution is 2.27. The van der Waals surface area contributed by atoms with Gasteiger partial charge in [0.25, 0.3) is 0 Å². The molecular weight excluding hydrogens is 202 g/mol. The van der Waals surface area contributed by atoms with Crippen molar-refractivity contribution in [3.63, 3.8) is 0 Å². The maximum absolute atomic E-state index is 9.86. The highest BCUT2D eigenvalue weighted by atomic mass is 35.5. The van der Waals surface area contributed by atoms with Crippen molar-refractivity contribution in [1.82, 2.24) is 5.32 Å². The van der Waals surface area contributed by atoms with Gasteiger partial charge in [-0.05, 0) is 23.8 Å². The summed E-state index contributed by atoms with van der Waals surface area (Å²) in [6.07, 6.45) is 0.437. The van der Waals surface area contributed by atoms with Crippen molar-refractivity contribution in [2.24, 2.45) is 0 Å². The molecule has 1 aromatic rings. The molecule has 0 aliphatic carbocycles. The quantitative estimate of drug-likeness (QED) is 0.685. The van der Waals surface area contributed by atoms with E-state index in [1.54, 1.807) is 18.2 Å². The molecule has 0 atom stereocenters. The predicted molar refractivity (Wildman–Crippen MR) is 54.6 cm³/mol. The van der Waals surface area contributed by atoms with E-state index in [1.807, 2.05) is 0 Å². The van der Waals surface area contributed by atoms with Crippen LogP contribution in [0.4, 0.5) is 0 Å². The van der Waals surface area contributed by atoms with Crippen molar-refractivity contribution in [2.45, 2.75) is 12.0 Å². The van der Waals surface area contributed by atoms with Crippen molar-refractivity contribution < 1.29 is 10.2 Å². The minimum absolute atomic E-state index is 0.190. The van der Waals surface area contributed by atoms with Crippen LogP contribution >= 0.6 is 11.6 Å². The number of benzene rings is 1. The molecule has 3 N–H and O–H groups in total. The highest BCUT2D eigenvalue weighted by Gasteiger charge is 2.34. The fourth-order valence-electron chi connectivity index (χ4n) is 1.59. The second-order valence-corrected chi connectivity index (χ2v) is 4.21. The van der Waals surface area contributed by atoms with Crippen LogP contribution in [0.15, 0.2) is 18.2 Å². The Kier molecular flexibility index (Phi) is 2.39. The first-order valence-electron chi connectivity index (χ1n) is 4.50. The molecule has 3 nitrogen and oxygen atoms in total. The van der Waals surface area contributed by atoms with Crippen LogP contribution in [0, 0.1) is 0 Å². The van der Waals surface area contributed by atoms with Crippen molar-refractivity contribution in [2.75, 3.05) is 13.1 Å². The molecule has 1 heterocycles. The standard InChI is InChI=1S/C10H12ClNO2/c11-8-1-2-9(13)7(3-8)4-10(14)5-12-6-10/h1-3,12-14H,4-6H2. The van der Waals surface area contributed by atoms with Gasteiger partial charge in [0.05, 0.1) is 5.60 Å². The van der Waals surface area contributed by atoms with E-state index in [2.05, 4.69) is 5.32 Å². The second kappa shape index (κ2) is 3.42. The number of aromatic hydroxyl groups is 1. The van der Waals surface area contributed by atoms with Crippen LogP contribution in [0.25, 0.3) is 0 Å². The Hall–Kier alpha value is -0.770. The highest BCUT2D eigenvalue weighted by molar-refractivity contribution is 6.30. The number of hydrogen-bond acceptors (Lipinski definition) is 3. The van der Waals surface area contributed by atoms with Crippen molar-refractivity contribution in [3.8, 4) is 5.75 Å². The maximum Gasteiger partial charge on any atom is 0.118 e. The Balaban J connectivity index is 2.19. The molecule has 1 aromatic carbocycles. The molecule has 1 saturated heterocycles. The van der Waals surface area contributed by atoms with Gasteiger partial charge in [-0.1, -0.05) is 11.6 Å². The largest absolute Gasteiger partial charge is 0.508 e. The number of hydrogen-bond donors (Lipinski definition) is 3. The topological polar surface area (TPSA) is 52.5 Å². The van der Waals surface area contributed by atoms with Gasteiger partial charge >= 0.3 is 0 Å². The average Bonchev–Trinajstić information content (AvgIpc) is 2.09. The first-order chi connectivity index (χ1) is 6.59. The van der Waals surface area contributed by atoms with E-state index in [0.29, 0.717) is 30.1 Å². The van der Waals surface area contributed by atoms with E-state index in [-0.39, 0.29) is 5.75 Å². The molecule has 1 fully saturated rings. The normalized spacial score (nSPS) is 19.0. The molecular formula is C10H12ClNO2. The average molecular weight is 214 g/mol. The van der Waals surface area contributed by atoms with E-state index in [1.165, 1.54) is 0 Å². The van der Waals surface area contributed by atoms with Gasteiger partial charge in [-0.2, -0.15) is 0 Å².